The summed E-state index contributed by atoms with van der Waals surface area (Å²) in [5.74, 6) is 3.72. The number of carboxylic acid groups (broad SMARTS) is 1. The zero-order valence-electron chi connectivity index (χ0n) is 4.84. The van der Waals surface area contributed by atoms with E-state index in [4.69, 9.17) is 9.90 Å². The molecule has 0 bridgehead atoms. The molecule has 0 heterocycles. The maximum atomic E-state index is 9.00. The largest absolute Gasteiger partial charge is 0.481 e. The SMILES string of the molecule is CC(=O)O.CONN. The lowest BCUT2D eigenvalue weighted by atomic mass is 10.9. The molecule has 0 saturated carbocycles. The second-order valence-electron chi connectivity index (χ2n) is 0.841. The predicted molar refractivity (Wildman–Crippen MR) is 27.6 cm³/mol. The molecule has 5 nitrogen and oxygen atoms in total. The number of hydrazine groups is 1. The molecule has 0 saturated heterocycles. The van der Waals surface area contributed by atoms with Gasteiger partial charge in [0.1, 0.15) is 0 Å². The predicted octanol–water partition coefficient (Wildman–Crippen LogP) is -0.898. The van der Waals surface area contributed by atoms with Crippen LogP contribution in [0.25, 0.3) is 0 Å². The van der Waals surface area contributed by atoms with E-state index in [1.165, 1.54) is 7.11 Å². The highest BCUT2D eigenvalue weighted by Gasteiger charge is 1.65. The molecular formula is C3H10N2O3. The van der Waals surface area contributed by atoms with Crippen molar-refractivity contribution in [3.05, 3.63) is 0 Å². The molecule has 0 atom stereocenters. The van der Waals surface area contributed by atoms with Crippen LogP contribution in [0.3, 0.4) is 0 Å². The van der Waals surface area contributed by atoms with E-state index in [9.17, 15) is 0 Å². The Morgan fingerprint density at radius 2 is 2.00 bits per heavy atom. The van der Waals surface area contributed by atoms with E-state index < -0.39 is 5.97 Å². The molecule has 0 unspecified atom stereocenters. The van der Waals surface area contributed by atoms with Crippen LogP contribution in [0, 0.1) is 0 Å². The van der Waals surface area contributed by atoms with Crippen LogP contribution in [0.1, 0.15) is 6.92 Å². The maximum absolute atomic E-state index is 9.00. The summed E-state index contributed by atoms with van der Waals surface area (Å²) in [6, 6.07) is 0. The Morgan fingerprint density at radius 3 is 2.00 bits per heavy atom. The average Bonchev–Trinajstić information content (AvgIpc) is 1.65. The fraction of sp³-hybridized carbons (Fsp3) is 0.667. The van der Waals surface area contributed by atoms with Crippen LogP contribution in [0.4, 0.5) is 0 Å². The Bertz CT molecular complexity index is 50.5. The van der Waals surface area contributed by atoms with Gasteiger partial charge < -0.3 is 5.11 Å². The summed E-state index contributed by atoms with van der Waals surface area (Å²) < 4.78 is 0. The second-order valence-corrected chi connectivity index (χ2v) is 0.841. The van der Waals surface area contributed by atoms with Gasteiger partial charge in [0.25, 0.3) is 5.97 Å². The highest BCUT2D eigenvalue weighted by Crippen LogP contribution is 1.42. The number of aliphatic carboxylic acids is 1. The first-order chi connectivity index (χ1) is 3.65. The number of nitrogens with two attached hydrogens (primary N) is 1. The zero-order valence-corrected chi connectivity index (χ0v) is 4.84. The number of rotatable bonds is 1. The van der Waals surface area contributed by atoms with Gasteiger partial charge in [0, 0.05) is 6.92 Å². The first-order valence-electron chi connectivity index (χ1n) is 1.83. The molecule has 0 aromatic heterocycles. The van der Waals surface area contributed by atoms with Crippen molar-refractivity contribution in [1.29, 1.82) is 0 Å². The van der Waals surface area contributed by atoms with Gasteiger partial charge in [-0.1, -0.05) is 0 Å². The molecule has 0 amide bonds. The minimum absolute atomic E-state index is 0.833. The van der Waals surface area contributed by atoms with Crippen molar-refractivity contribution in [3.63, 3.8) is 0 Å². The van der Waals surface area contributed by atoms with Crippen molar-refractivity contribution in [2.45, 2.75) is 6.92 Å². The van der Waals surface area contributed by atoms with Gasteiger partial charge in [-0.2, -0.15) is 0 Å². The van der Waals surface area contributed by atoms with E-state index in [2.05, 4.69) is 10.7 Å². The van der Waals surface area contributed by atoms with Gasteiger partial charge in [-0.3, -0.25) is 9.63 Å². The molecular weight excluding hydrogens is 112 g/mol. The minimum atomic E-state index is -0.833. The zero-order chi connectivity index (χ0) is 6.99. The minimum Gasteiger partial charge on any atom is -0.481 e. The first kappa shape index (κ1) is 10.4. The van der Waals surface area contributed by atoms with Crippen molar-refractivity contribution in [2.75, 3.05) is 7.11 Å². The third kappa shape index (κ3) is 826. The summed E-state index contributed by atoms with van der Waals surface area (Å²) in [6.07, 6.45) is 0. The van der Waals surface area contributed by atoms with Gasteiger partial charge in [0.2, 0.25) is 0 Å². The normalized spacial score (nSPS) is 6.88. The van der Waals surface area contributed by atoms with E-state index in [-0.39, 0.29) is 0 Å². The molecule has 0 aliphatic heterocycles. The number of carboxylic acids is 1. The Morgan fingerprint density at radius 1 is 1.88 bits per heavy atom. The molecule has 8 heavy (non-hydrogen) atoms. The Labute approximate surface area is 47.4 Å². The molecule has 0 spiro atoms. The highest BCUT2D eigenvalue weighted by molar-refractivity contribution is 5.62. The van der Waals surface area contributed by atoms with E-state index >= 15 is 0 Å². The van der Waals surface area contributed by atoms with Crippen molar-refractivity contribution >= 4 is 5.97 Å². The van der Waals surface area contributed by atoms with E-state index in [0.717, 1.165) is 6.92 Å². The summed E-state index contributed by atoms with van der Waals surface area (Å²) >= 11 is 0. The molecule has 4 N–H and O–H groups in total. The van der Waals surface area contributed by atoms with Gasteiger partial charge in [0.15, 0.2) is 0 Å². The molecule has 0 aromatic rings. The Hall–Kier alpha value is -0.650. The molecule has 0 aromatic carbocycles. The Kier molecular flexibility index (Phi) is 12.4. The standard InChI is InChI=1S/C2H4O2.CH6N2O/c1-2(3)4;1-4-3-2/h1H3,(H,3,4);3H,2H2,1H3. The van der Waals surface area contributed by atoms with Crippen molar-refractivity contribution in [1.82, 2.24) is 5.59 Å². The summed E-state index contributed by atoms with van der Waals surface area (Å²) in [7, 11) is 1.44. The monoisotopic (exact) mass is 122 g/mol. The molecule has 0 radical (unpaired) electrons. The third-order valence-corrected chi connectivity index (χ3v) is 0.118. The summed E-state index contributed by atoms with van der Waals surface area (Å²) in [4.78, 5) is 13.1. The van der Waals surface area contributed by atoms with Crippen LogP contribution in [0.15, 0.2) is 0 Å². The van der Waals surface area contributed by atoms with Gasteiger partial charge in [-0.25, -0.2) is 5.84 Å². The fourth-order valence-electron chi connectivity index (χ4n) is 0. The lowest BCUT2D eigenvalue weighted by molar-refractivity contribution is -0.134. The molecule has 0 aliphatic rings. The smallest absolute Gasteiger partial charge is 0.300 e. The van der Waals surface area contributed by atoms with Crippen LogP contribution >= 0.6 is 0 Å². The van der Waals surface area contributed by atoms with Crippen molar-refractivity contribution in [2.24, 2.45) is 5.84 Å². The quantitative estimate of drug-likeness (QED) is 0.310. The van der Waals surface area contributed by atoms with Crippen LogP contribution in [-0.4, -0.2) is 18.2 Å². The number of carbonyl (C=O) groups is 1. The first-order valence-corrected chi connectivity index (χ1v) is 1.83. The van der Waals surface area contributed by atoms with Crippen LogP contribution < -0.4 is 11.4 Å². The van der Waals surface area contributed by atoms with Crippen LogP contribution in [0.5, 0.6) is 0 Å². The highest BCUT2D eigenvalue weighted by atomic mass is 16.7. The maximum Gasteiger partial charge on any atom is 0.300 e. The van der Waals surface area contributed by atoms with E-state index in [1.54, 1.807) is 0 Å². The van der Waals surface area contributed by atoms with Gasteiger partial charge in [-0.05, 0) is 0 Å². The topological polar surface area (TPSA) is 84.6 Å². The number of hydrogen-bond acceptors (Lipinski definition) is 4. The lowest BCUT2D eigenvalue weighted by Crippen LogP contribution is -2.19. The molecule has 5 heteroatoms. The Balaban J connectivity index is 0. The number of hydrogen-bond donors (Lipinski definition) is 3. The molecule has 0 aliphatic carbocycles. The van der Waals surface area contributed by atoms with E-state index in [0.29, 0.717) is 0 Å². The summed E-state index contributed by atoms with van der Waals surface area (Å²) in [5, 5.41) is 7.42. The van der Waals surface area contributed by atoms with Crippen LogP contribution in [0.2, 0.25) is 0 Å². The second kappa shape index (κ2) is 9.61. The van der Waals surface area contributed by atoms with Gasteiger partial charge in [-0.15, -0.1) is 5.59 Å². The molecule has 50 valence electrons. The van der Waals surface area contributed by atoms with Gasteiger partial charge >= 0.3 is 0 Å². The van der Waals surface area contributed by atoms with Crippen molar-refractivity contribution in [3.8, 4) is 0 Å². The fourth-order valence-corrected chi connectivity index (χ4v) is 0. The summed E-state index contributed by atoms with van der Waals surface area (Å²) in [6.45, 7) is 1.08. The molecule has 0 rings (SSSR count). The van der Waals surface area contributed by atoms with E-state index in [1.807, 2.05) is 5.59 Å². The van der Waals surface area contributed by atoms with Crippen molar-refractivity contribution < 1.29 is 14.7 Å². The number of nitrogens with one attached hydrogen (secondary N) is 1. The average molecular weight is 122 g/mol. The molecule has 0 fully saturated rings. The third-order valence-electron chi connectivity index (χ3n) is 0.118. The lowest BCUT2D eigenvalue weighted by Gasteiger charge is -1.80. The van der Waals surface area contributed by atoms with Crippen LogP contribution in [-0.2, 0) is 9.63 Å². The summed E-state index contributed by atoms with van der Waals surface area (Å²) in [5.41, 5.74) is 1.93. The van der Waals surface area contributed by atoms with Gasteiger partial charge in [0.05, 0.1) is 7.11 Å².